The maximum Gasteiger partial charge on any atom is 0.168 e. The van der Waals surface area contributed by atoms with Crippen molar-refractivity contribution in [2.75, 3.05) is 20.6 Å². The molecule has 0 aliphatic heterocycles. The highest BCUT2D eigenvalue weighted by Crippen LogP contribution is 2.23. The molecule has 0 aromatic rings. The molecule has 0 bridgehead atoms. The Morgan fingerprint density at radius 3 is 2.54 bits per heavy atom. The highest BCUT2D eigenvalue weighted by Gasteiger charge is 2.15. The summed E-state index contributed by atoms with van der Waals surface area (Å²) in [4.78, 5) is 2.16. The predicted octanol–water partition coefficient (Wildman–Crippen LogP) is 2.00. The number of rotatable bonds is 2. The summed E-state index contributed by atoms with van der Waals surface area (Å²) in [7, 11) is 3.97. The van der Waals surface area contributed by atoms with E-state index in [0.29, 0.717) is 0 Å². The van der Waals surface area contributed by atoms with Crippen LogP contribution >= 0.6 is 12.2 Å². The lowest BCUT2D eigenvalue weighted by Crippen LogP contribution is -2.38. The van der Waals surface area contributed by atoms with Crippen LogP contribution in [0.1, 0.15) is 32.1 Å². The fourth-order valence-corrected chi connectivity index (χ4v) is 2.11. The SMILES string of the molecule is CNC(=S)N(C)CC1CCCCC1. The molecule has 0 radical (unpaired) electrons. The largest absolute Gasteiger partial charge is 0.366 e. The van der Waals surface area contributed by atoms with Crippen LogP contribution in [0.25, 0.3) is 0 Å². The number of thiocarbonyl (C=S) groups is 1. The van der Waals surface area contributed by atoms with Crippen molar-refractivity contribution in [2.24, 2.45) is 5.92 Å². The van der Waals surface area contributed by atoms with E-state index in [1.807, 2.05) is 7.05 Å². The van der Waals surface area contributed by atoms with Crippen LogP contribution in [0.15, 0.2) is 0 Å². The van der Waals surface area contributed by atoms with E-state index < -0.39 is 0 Å². The molecule has 1 rings (SSSR count). The van der Waals surface area contributed by atoms with Gasteiger partial charge in [-0.15, -0.1) is 0 Å². The number of hydrogen-bond donors (Lipinski definition) is 1. The van der Waals surface area contributed by atoms with Crippen molar-refractivity contribution in [3.63, 3.8) is 0 Å². The fraction of sp³-hybridized carbons (Fsp3) is 0.900. The molecule has 0 atom stereocenters. The van der Waals surface area contributed by atoms with E-state index in [2.05, 4.69) is 17.3 Å². The first-order valence-electron chi connectivity index (χ1n) is 5.17. The summed E-state index contributed by atoms with van der Waals surface area (Å²) >= 11 is 5.16. The number of hydrogen-bond acceptors (Lipinski definition) is 1. The standard InChI is InChI=1S/C10H20N2S/c1-11-10(13)12(2)8-9-6-4-3-5-7-9/h9H,3-8H2,1-2H3,(H,11,13). The Labute approximate surface area is 86.7 Å². The molecule has 0 heterocycles. The van der Waals surface area contributed by atoms with E-state index in [1.165, 1.54) is 32.1 Å². The quantitative estimate of drug-likeness (QED) is 0.686. The second-order valence-electron chi connectivity index (χ2n) is 3.94. The molecule has 1 saturated carbocycles. The molecule has 0 aromatic carbocycles. The topological polar surface area (TPSA) is 15.3 Å². The molecule has 1 fully saturated rings. The summed E-state index contributed by atoms with van der Waals surface area (Å²) in [5.74, 6) is 0.866. The van der Waals surface area contributed by atoms with Gasteiger partial charge in [0.05, 0.1) is 0 Å². The smallest absolute Gasteiger partial charge is 0.168 e. The van der Waals surface area contributed by atoms with Crippen molar-refractivity contribution in [1.29, 1.82) is 0 Å². The molecular formula is C10H20N2S. The monoisotopic (exact) mass is 200 g/mol. The van der Waals surface area contributed by atoms with Gasteiger partial charge in [0.2, 0.25) is 0 Å². The van der Waals surface area contributed by atoms with Crippen molar-refractivity contribution in [2.45, 2.75) is 32.1 Å². The van der Waals surface area contributed by atoms with E-state index in [9.17, 15) is 0 Å². The Balaban J connectivity index is 2.25. The Morgan fingerprint density at radius 1 is 1.38 bits per heavy atom. The molecule has 0 unspecified atom stereocenters. The third kappa shape index (κ3) is 3.51. The highest BCUT2D eigenvalue weighted by molar-refractivity contribution is 7.80. The second kappa shape index (κ2) is 5.43. The van der Waals surface area contributed by atoms with Gasteiger partial charge < -0.3 is 10.2 Å². The van der Waals surface area contributed by atoms with Crippen molar-refractivity contribution >= 4 is 17.3 Å². The minimum Gasteiger partial charge on any atom is -0.366 e. The summed E-state index contributed by atoms with van der Waals surface area (Å²) in [5.41, 5.74) is 0. The van der Waals surface area contributed by atoms with Gasteiger partial charge in [-0.2, -0.15) is 0 Å². The summed E-state index contributed by atoms with van der Waals surface area (Å²) in [6.07, 6.45) is 7.01. The predicted molar refractivity (Wildman–Crippen MR) is 60.9 cm³/mol. The number of nitrogens with zero attached hydrogens (tertiary/aromatic N) is 1. The van der Waals surface area contributed by atoms with Crippen LogP contribution < -0.4 is 5.32 Å². The van der Waals surface area contributed by atoms with Crippen LogP contribution in [-0.4, -0.2) is 30.7 Å². The summed E-state index contributed by atoms with van der Waals surface area (Å²) in [6.45, 7) is 1.12. The molecule has 0 saturated heterocycles. The minimum atomic E-state index is 0.866. The molecular weight excluding hydrogens is 180 g/mol. The van der Waals surface area contributed by atoms with Crippen LogP contribution in [0.5, 0.6) is 0 Å². The zero-order valence-electron chi connectivity index (χ0n) is 8.68. The molecule has 2 nitrogen and oxygen atoms in total. The lowest BCUT2D eigenvalue weighted by atomic mass is 9.89. The first kappa shape index (κ1) is 10.8. The lowest BCUT2D eigenvalue weighted by molar-refractivity contribution is 0.295. The van der Waals surface area contributed by atoms with Gasteiger partial charge in [-0.1, -0.05) is 19.3 Å². The summed E-state index contributed by atoms with van der Waals surface area (Å²) in [6, 6.07) is 0. The Hall–Kier alpha value is -0.310. The van der Waals surface area contributed by atoms with E-state index in [4.69, 9.17) is 12.2 Å². The van der Waals surface area contributed by atoms with Gasteiger partial charge in [0, 0.05) is 20.6 Å². The third-order valence-electron chi connectivity index (χ3n) is 2.82. The molecule has 1 N–H and O–H groups in total. The first-order chi connectivity index (χ1) is 6.24. The molecule has 76 valence electrons. The second-order valence-corrected chi connectivity index (χ2v) is 4.33. The van der Waals surface area contributed by atoms with Gasteiger partial charge >= 0.3 is 0 Å². The maximum atomic E-state index is 5.16. The molecule has 0 amide bonds. The summed E-state index contributed by atoms with van der Waals surface area (Å²) < 4.78 is 0. The van der Waals surface area contributed by atoms with Gasteiger partial charge in [0.25, 0.3) is 0 Å². The average molecular weight is 200 g/mol. The molecule has 1 aliphatic carbocycles. The van der Waals surface area contributed by atoms with E-state index in [0.717, 1.165) is 17.6 Å². The van der Waals surface area contributed by atoms with Crippen LogP contribution in [-0.2, 0) is 0 Å². The fourth-order valence-electron chi connectivity index (χ4n) is 2.03. The van der Waals surface area contributed by atoms with Gasteiger partial charge in [0.1, 0.15) is 0 Å². The van der Waals surface area contributed by atoms with E-state index >= 15 is 0 Å². The Morgan fingerprint density at radius 2 is 2.00 bits per heavy atom. The van der Waals surface area contributed by atoms with Crippen LogP contribution in [0.4, 0.5) is 0 Å². The Bertz CT molecular complexity index is 164. The van der Waals surface area contributed by atoms with Gasteiger partial charge in [-0.05, 0) is 31.0 Å². The van der Waals surface area contributed by atoms with Crippen LogP contribution in [0.2, 0.25) is 0 Å². The average Bonchev–Trinajstić information content (AvgIpc) is 2.18. The Kier molecular flexibility index (Phi) is 4.50. The van der Waals surface area contributed by atoms with E-state index in [-0.39, 0.29) is 0 Å². The van der Waals surface area contributed by atoms with Crippen molar-refractivity contribution in [3.05, 3.63) is 0 Å². The molecule has 1 aliphatic rings. The summed E-state index contributed by atoms with van der Waals surface area (Å²) in [5, 5.41) is 3.88. The van der Waals surface area contributed by atoms with Gasteiger partial charge in [-0.25, -0.2) is 0 Å². The normalized spacial score (nSPS) is 18.3. The highest BCUT2D eigenvalue weighted by atomic mass is 32.1. The number of nitrogens with one attached hydrogen (secondary N) is 1. The third-order valence-corrected chi connectivity index (χ3v) is 3.33. The van der Waals surface area contributed by atoms with Crippen molar-refractivity contribution in [1.82, 2.24) is 10.2 Å². The van der Waals surface area contributed by atoms with Gasteiger partial charge in [-0.3, -0.25) is 0 Å². The zero-order chi connectivity index (χ0) is 9.68. The lowest BCUT2D eigenvalue weighted by Gasteiger charge is -2.28. The molecule has 3 heteroatoms. The van der Waals surface area contributed by atoms with E-state index in [1.54, 1.807) is 0 Å². The van der Waals surface area contributed by atoms with Gasteiger partial charge in [0.15, 0.2) is 5.11 Å². The molecule has 13 heavy (non-hydrogen) atoms. The minimum absolute atomic E-state index is 0.866. The van der Waals surface area contributed by atoms with Crippen molar-refractivity contribution in [3.8, 4) is 0 Å². The zero-order valence-corrected chi connectivity index (χ0v) is 9.49. The van der Waals surface area contributed by atoms with Crippen molar-refractivity contribution < 1.29 is 0 Å². The first-order valence-corrected chi connectivity index (χ1v) is 5.57. The molecule has 0 spiro atoms. The van der Waals surface area contributed by atoms with Crippen LogP contribution in [0.3, 0.4) is 0 Å². The van der Waals surface area contributed by atoms with Crippen LogP contribution in [0, 0.1) is 5.92 Å². The maximum absolute atomic E-state index is 5.16. The molecule has 0 aromatic heterocycles.